The van der Waals surface area contributed by atoms with Gasteiger partial charge < -0.3 is 9.47 Å². The molecule has 0 atom stereocenters. The van der Waals surface area contributed by atoms with Gasteiger partial charge in [-0.05, 0) is 40.2 Å². The summed E-state index contributed by atoms with van der Waals surface area (Å²) in [6.07, 6.45) is -4.73. The van der Waals surface area contributed by atoms with Crippen molar-refractivity contribution in [1.29, 1.82) is 0 Å². The van der Waals surface area contributed by atoms with Crippen LogP contribution in [-0.2, 0) is 5.33 Å². The summed E-state index contributed by atoms with van der Waals surface area (Å²) in [5, 5.41) is 0.611. The van der Waals surface area contributed by atoms with Gasteiger partial charge in [-0.1, -0.05) is 34.1 Å². The Kier molecular flexibility index (Phi) is 5.16. The Morgan fingerprint density at radius 1 is 1.00 bits per heavy atom. The lowest BCUT2D eigenvalue weighted by atomic mass is 10.2. The Hall–Kier alpha value is -1.21. The Morgan fingerprint density at radius 3 is 2.33 bits per heavy atom. The lowest BCUT2D eigenvalue weighted by Crippen LogP contribution is -2.17. The first-order valence-electron chi connectivity index (χ1n) is 5.76. The molecule has 2 aromatic rings. The minimum atomic E-state index is -4.73. The summed E-state index contributed by atoms with van der Waals surface area (Å²) < 4.78 is 46.3. The minimum absolute atomic E-state index is 0.161. The van der Waals surface area contributed by atoms with Gasteiger partial charge in [0.05, 0.1) is 4.47 Å². The van der Waals surface area contributed by atoms with E-state index in [4.69, 9.17) is 4.74 Å². The SMILES string of the molecule is FC(F)(F)Oc1ccc(Oc2ccccc2CBr)cc1Br. The van der Waals surface area contributed by atoms with Crippen molar-refractivity contribution in [2.45, 2.75) is 11.7 Å². The fourth-order valence-electron chi connectivity index (χ4n) is 1.59. The van der Waals surface area contributed by atoms with E-state index in [9.17, 15) is 13.2 Å². The molecule has 0 unspecified atom stereocenters. The zero-order valence-electron chi connectivity index (χ0n) is 10.5. The van der Waals surface area contributed by atoms with Gasteiger partial charge in [0.15, 0.2) is 0 Å². The molecule has 0 amide bonds. The third-order valence-electron chi connectivity index (χ3n) is 2.47. The molecule has 0 saturated heterocycles. The highest BCUT2D eigenvalue weighted by molar-refractivity contribution is 9.10. The number of hydrogen-bond acceptors (Lipinski definition) is 2. The summed E-state index contributed by atoms with van der Waals surface area (Å²) in [5.74, 6) is 0.721. The molecule has 0 fully saturated rings. The Bertz CT molecular complexity index is 630. The second-order valence-corrected chi connectivity index (χ2v) is 5.40. The lowest BCUT2D eigenvalue weighted by Gasteiger charge is -2.13. The van der Waals surface area contributed by atoms with Gasteiger partial charge >= 0.3 is 6.36 Å². The van der Waals surface area contributed by atoms with E-state index in [1.165, 1.54) is 18.2 Å². The summed E-state index contributed by atoms with van der Waals surface area (Å²) in [6, 6.07) is 11.4. The van der Waals surface area contributed by atoms with Crippen LogP contribution in [0.5, 0.6) is 17.2 Å². The molecular formula is C14H9Br2F3O2. The summed E-state index contributed by atoms with van der Waals surface area (Å²) in [5.41, 5.74) is 0.934. The van der Waals surface area contributed by atoms with Gasteiger partial charge in [0, 0.05) is 10.9 Å². The Labute approximate surface area is 136 Å². The molecule has 0 aromatic heterocycles. The molecule has 2 nitrogen and oxygen atoms in total. The predicted octanol–water partition coefficient (Wildman–Crippen LogP) is 6.03. The number of alkyl halides is 4. The van der Waals surface area contributed by atoms with Crippen molar-refractivity contribution in [3.8, 4) is 17.2 Å². The van der Waals surface area contributed by atoms with E-state index in [1.54, 1.807) is 6.07 Å². The average molecular weight is 426 g/mol. The van der Waals surface area contributed by atoms with Crippen molar-refractivity contribution in [2.75, 3.05) is 0 Å². The van der Waals surface area contributed by atoms with Crippen LogP contribution in [0.15, 0.2) is 46.9 Å². The first kappa shape index (κ1) is 16.2. The molecule has 7 heteroatoms. The molecule has 0 bridgehead atoms. The van der Waals surface area contributed by atoms with Crippen molar-refractivity contribution < 1.29 is 22.6 Å². The van der Waals surface area contributed by atoms with Crippen LogP contribution in [0.25, 0.3) is 0 Å². The molecule has 21 heavy (non-hydrogen) atoms. The van der Waals surface area contributed by atoms with Crippen LogP contribution in [0.4, 0.5) is 13.2 Å². The van der Waals surface area contributed by atoms with E-state index in [0.29, 0.717) is 16.8 Å². The minimum Gasteiger partial charge on any atom is -0.457 e. The number of benzene rings is 2. The monoisotopic (exact) mass is 424 g/mol. The second-order valence-electron chi connectivity index (χ2n) is 3.98. The normalized spacial score (nSPS) is 11.3. The van der Waals surface area contributed by atoms with Gasteiger partial charge in [-0.25, -0.2) is 0 Å². The largest absolute Gasteiger partial charge is 0.573 e. The maximum Gasteiger partial charge on any atom is 0.573 e. The molecule has 0 aliphatic carbocycles. The van der Waals surface area contributed by atoms with E-state index in [-0.39, 0.29) is 10.2 Å². The lowest BCUT2D eigenvalue weighted by molar-refractivity contribution is -0.274. The highest BCUT2D eigenvalue weighted by Gasteiger charge is 2.32. The number of hydrogen-bond donors (Lipinski definition) is 0. The van der Waals surface area contributed by atoms with Crippen molar-refractivity contribution in [2.24, 2.45) is 0 Å². The second kappa shape index (κ2) is 6.70. The number of rotatable bonds is 4. The summed E-state index contributed by atoms with van der Waals surface area (Å²) in [4.78, 5) is 0. The maximum absolute atomic E-state index is 12.2. The molecule has 0 heterocycles. The first-order chi connectivity index (χ1) is 9.89. The number of halogens is 5. The van der Waals surface area contributed by atoms with Crippen LogP contribution >= 0.6 is 31.9 Å². The maximum atomic E-state index is 12.2. The van der Waals surface area contributed by atoms with Crippen LogP contribution in [-0.4, -0.2) is 6.36 Å². The molecule has 0 spiro atoms. The van der Waals surface area contributed by atoms with Crippen molar-refractivity contribution in [1.82, 2.24) is 0 Å². The van der Waals surface area contributed by atoms with Crippen LogP contribution in [0.3, 0.4) is 0 Å². The van der Waals surface area contributed by atoms with Gasteiger partial charge in [-0.3, -0.25) is 0 Å². The zero-order valence-corrected chi connectivity index (χ0v) is 13.6. The Balaban J connectivity index is 2.21. The topological polar surface area (TPSA) is 18.5 Å². The van der Waals surface area contributed by atoms with Gasteiger partial charge in [-0.15, -0.1) is 13.2 Å². The standard InChI is InChI=1S/C14H9Br2F3O2/c15-8-9-3-1-2-4-12(9)20-10-5-6-13(11(16)7-10)21-14(17,18)19/h1-7H,8H2. The van der Waals surface area contributed by atoms with E-state index in [0.717, 1.165) is 5.56 Å². The third kappa shape index (κ3) is 4.64. The van der Waals surface area contributed by atoms with E-state index < -0.39 is 6.36 Å². The fraction of sp³-hybridized carbons (Fsp3) is 0.143. The number of ether oxygens (including phenoxy) is 2. The third-order valence-corrected chi connectivity index (χ3v) is 3.70. The van der Waals surface area contributed by atoms with Gasteiger partial charge in [0.2, 0.25) is 0 Å². The summed E-state index contributed by atoms with van der Waals surface area (Å²) in [7, 11) is 0. The molecule has 0 N–H and O–H groups in total. The molecule has 0 saturated carbocycles. The van der Waals surface area contributed by atoms with Crippen molar-refractivity contribution in [3.63, 3.8) is 0 Å². The van der Waals surface area contributed by atoms with Gasteiger partial charge in [0.25, 0.3) is 0 Å². The quantitative estimate of drug-likeness (QED) is 0.556. The van der Waals surface area contributed by atoms with Gasteiger partial charge in [-0.2, -0.15) is 0 Å². The first-order valence-corrected chi connectivity index (χ1v) is 7.67. The molecule has 112 valence electrons. The van der Waals surface area contributed by atoms with Crippen LogP contribution < -0.4 is 9.47 Å². The van der Waals surface area contributed by atoms with Crippen molar-refractivity contribution in [3.05, 3.63) is 52.5 Å². The predicted molar refractivity (Wildman–Crippen MR) is 80.0 cm³/mol. The van der Waals surface area contributed by atoms with Gasteiger partial charge in [0.1, 0.15) is 17.2 Å². The average Bonchev–Trinajstić information content (AvgIpc) is 2.41. The highest BCUT2D eigenvalue weighted by Crippen LogP contribution is 2.35. The zero-order chi connectivity index (χ0) is 15.5. The molecule has 2 aromatic carbocycles. The molecular weight excluding hydrogens is 417 g/mol. The fourth-order valence-corrected chi connectivity index (χ4v) is 2.50. The van der Waals surface area contributed by atoms with E-state index in [1.807, 2.05) is 18.2 Å². The highest BCUT2D eigenvalue weighted by atomic mass is 79.9. The smallest absolute Gasteiger partial charge is 0.457 e. The van der Waals surface area contributed by atoms with Crippen LogP contribution in [0, 0.1) is 0 Å². The van der Waals surface area contributed by atoms with Crippen LogP contribution in [0.1, 0.15) is 5.56 Å². The van der Waals surface area contributed by atoms with Crippen LogP contribution in [0.2, 0.25) is 0 Å². The van der Waals surface area contributed by atoms with E-state index in [2.05, 4.69) is 36.6 Å². The van der Waals surface area contributed by atoms with E-state index >= 15 is 0 Å². The Morgan fingerprint density at radius 2 is 1.71 bits per heavy atom. The summed E-state index contributed by atoms with van der Waals surface area (Å²) >= 11 is 6.38. The molecule has 0 aliphatic heterocycles. The van der Waals surface area contributed by atoms with Crippen molar-refractivity contribution >= 4 is 31.9 Å². The molecule has 0 aliphatic rings. The molecule has 2 rings (SSSR count). The number of para-hydroxylation sites is 1. The molecule has 0 radical (unpaired) electrons. The summed E-state index contributed by atoms with van der Waals surface area (Å²) in [6.45, 7) is 0.